The second kappa shape index (κ2) is 11.5. The Kier molecular flexibility index (Phi) is 6.87. The topological polar surface area (TPSA) is 20.5 Å². The van der Waals surface area contributed by atoms with Crippen molar-refractivity contribution in [3.05, 3.63) is 187 Å². The number of para-hydroxylation sites is 3. The zero-order valence-electron chi connectivity index (χ0n) is 25.1. The SMILES string of the molecule is [C-]#[N+]c1cccnc1-c1ccc(-c2ccccc2N2c3ccccc3[Si](c3ccccc3)(c3ccccc3)c3ccccc32)cc1. The third kappa shape index (κ3) is 4.29. The molecule has 1 aliphatic rings. The fourth-order valence-electron chi connectivity index (χ4n) is 7.10. The summed E-state index contributed by atoms with van der Waals surface area (Å²) < 4.78 is 0. The lowest BCUT2D eigenvalue weighted by Crippen LogP contribution is -2.77. The van der Waals surface area contributed by atoms with Gasteiger partial charge in [0.25, 0.3) is 0 Å². The maximum absolute atomic E-state index is 7.59. The van der Waals surface area contributed by atoms with Crippen LogP contribution >= 0.6 is 0 Å². The van der Waals surface area contributed by atoms with Gasteiger partial charge in [0.15, 0.2) is 8.07 Å². The number of anilines is 3. The molecule has 1 aromatic heterocycles. The van der Waals surface area contributed by atoms with E-state index in [1.54, 1.807) is 6.20 Å². The van der Waals surface area contributed by atoms with Gasteiger partial charge >= 0.3 is 0 Å². The fourth-order valence-corrected chi connectivity index (χ4v) is 12.2. The summed E-state index contributed by atoms with van der Waals surface area (Å²) in [5.41, 5.74) is 7.98. The van der Waals surface area contributed by atoms with Crippen LogP contribution in [0.5, 0.6) is 0 Å². The van der Waals surface area contributed by atoms with Gasteiger partial charge in [-0.1, -0.05) is 152 Å². The van der Waals surface area contributed by atoms with Crippen LogP contribution in [0.1, 0.15) is 0 Å². The van der Waals surface area contributed by atoms with Crippen LogP contribution in [-0.4, -0.2) is 13.1 Å². The van der Waals surface area contributed by atoms with Gasteiger partial charge in [0.1, 0.15) is 0 Å². The van der Waals surface area contributed by atoms with E-state index in [9.17, 15) is 0 Å². The van der Waals surface area contributed by atoms with Gasteiger partial charge in [-0.15, -0.1) is 0 Å². The summed E-state index contributed by atoms with van der Waals surface area (Å²) in [6.45, 7) is 7.59. The number of nitrogens with zero attached hydrogens (tertiary/aromatic N) is 3. The number of pyridine rings is 1. The van der Waals surface area contributed by atoms with Crippen LogP contribution in [0.15, 0.2) is 176 Å². The van der Waals surface area contributed by atoms with Gasteiger partial charge in [-0.3, -0.25) is 4.98 Å². The van der Waals surface area contributed by atoms with E-state index >= 15 is 0 Å². The quantitative estimate of drug-likeness (QED) is 0.146. The highest BCUT2D eigenvalue weighted by atomic mass is 28.3. The average molecular weight is 604 g/mol. The standard InChI is InChI=1S/C42H29N3Si/c1-43-36-20-14-30-44-42(36)32-28-26-31(27-29-32)35-19-8-9-21-37(35)45-38-22-10-12-24-40(38)46(33-15-4-2-5-16-33,34-17-6-3-7-18-34)41-25-13-11-23-39(41)45/h2-30H. The highest BCUT2D eigenvalue weighted by Gasteiger charge is 2.48. The highest BCUT2D eigenvalue weighted by Crippen LogP contribution is 2.43. The first kappa shape index (κ1) is 27.5. The molecule has 6 aromatic carbocycles. The maximum Gasteiger partial charge on any atom is 0.212 e. The number of hydrogen-bond acceptors (Lipinski definition) is 2. The molecule has 216 valence electrons. The molecule has 0 bridgehead atoms. The molecule has 4 heteroatoms. The molecule has 0 unspecified atom stereocenters. The minimum atomic E-state index is -2.67. The Morgan fingerprint density at radius 1 is 0.478 bits per heavy atom. The molecular formula is C42H29N3Si. The Morgan fingerprint density at radius 3 is 1.57 bits per heavy atom. The summed E-state index contributed by atoms with van der Waals surface area (Å²) >= 11 is 0. The van der Waals surface area contributed by atoms with Crippen molar-refractivity contribution in [1.29, 1.82) is 0 Å². The van der Waals surface area contributed by atoms with Crippen molar-refractivity contribution in [3.63, 3.8) is 0 Å². The van der Waals surface area contributed by atoms with Crippen LogP contribution in [0.2, 0.25) is 0 Å². The van der Waals surface area contributed by atoms with E-state index in [0.717, 1.165) is 22.4 Å². The van der Waals surface area contributed by atoms with Crippen LogP contribution in [0, 0.1) is 6.57 Å². The van der Waals surface area contributed by atoms with Crippen molar-refractivity contribution in [2.45, 2.75) is 0 Å². The fraction of sp³-hybridized carbons (Fsp3) is 0. The third-order valence-electron chi connectivity index (χ3n) is 9.03. The van der Waals surface area contributed by atoms with Gasteiger partial charge in [-0.2, -0.15) is 0 Å². The molecule has 0 saturated heterocycles. The molecule has 0 aliphatic carbocycles. The third-order valence-corrected chi connectivity index (χ3v) is 13.9. The number of benzene rings is 6. The monoisotopic (exact) mass is 603 g/mol. The highest BCUT2D eigenvalue weighted by molar-refractivity contribution is 7.21. The number of fused-ring (bicyclic) bond motifs is 2. The molecule has 0 radical (unpaired) electrons. The van der Waals surface area contributed by atoms with E-state index in [-0.39, 0.29) is 0 Å². The predicted octanol–water partition coefficient (Wildman–Crippen LogP) is 8.13. The molecule has 0 spiro atoms. The lowest BCUT2D eigenvalue weighted by molar-refractivity contribution is 1.29. The van der Waals surface area contributed by atoms with Crippen molar-refractivity contribution in [3.8, 4) is 22.4 Å². The van der Waals surface area contributed by atoms with Crippen molar-refractivity contribution in [2.24, 2.45) is 0 Å². The summed E-state index contributed by atoms with van der Waals surface area (Å²) in [6.07, 6.45) is 1.74. The lowest BCUT2D eigenvalue weighted by Gasteiger charge is -2.45. The first-order valence-electron chi connectivity index (χ1n) is 15.4. The summed E-state index contributed by atoms with van der Waals surface area (Å²) in [4.78, 5) is 10.7. The smallest absolute Gasteiger partial charge is 0.212 e. The molecule has 1 aliphatic heterocycles. The van der Waals surface area contributed by atoms with Gasteiger partial charge in [0.2, 0.25) is 5.69 Å². The Morgan fingerprint density at radius 2 is 0.978 bits per heavy atom. The Hall–Kier alpha value is -6.02. The van der Waals surface area contributed by atoms with Crippen LogP contribution < -0.4 is 25.6 Å². The predicted molar refractivity (Wildman–Crippen MR) is 193 cm³/mol. The first-order chi connectivity index (χ1) is 22.8. The molecule has 0 saturated carbocycles. The molecule has 2 heterocycles. The van der Waals surface area contributed by atoms with Crippen LogP contribution in [0.4, 0.5) is 22.7 Å². The molecule has 7 aromatic rings. The molecule has 0 atom stereocenters. The van der Waals surface area contributed by atoms with Crippen LogP contribution in [0.25, 0.3) is 27.2 Å². The molecule has 0 N–H and O–H groups in total. The average Bonchev–Trinajstić information content (AvgIpc) is 3.14. The van der Waals surface area contributed by atoms with Crippen molar-refractivity contribution in [1.82, 2.24) is 4.98 Å². The summed E-state index contributed by atoms with van der Waals surface area (Å²) in [6, 6.07) is 60.9. The zero-order chi connectivity index (χ0) is 30.9. The van der Waals surface area contributed by atoms with Gasteiger partial charge in [0, 0.05) is 23.1 Å². The molecule has 0 amide bonds. The van der Waals surface area contributed by atoms with E-state index < -0.39 is 8.07 Å². The largest absolute Gasteiger partial charge is 0.310 e. The van der Waals surface area contributed by atoms with E-state index in [0.29, 0.717) is 11.4 Å². The summed E-state index contributed by atoms with van der Waals surface area (Å²) in [5, 5.41) is 5.49. The summed E-state index contributed by atoms with van der Waals surface area (Å²) in [5.74, 6) is 0. The van der Waals surface area contributed by atoms with Crippen LogP contribution in [-0.2, 0) is 0 Å². The number of hydrogen-bond donors (Lipinski definition) is 0. The Bertz CT molecular complexity index is 2130. The van der Waals surface area contributed by atoms with E-state index in [1.165, 1.54) is 32.1 Å². The van der Waals surface area contributed by atoms with E-state index in [2.05, 4.69) is 172 Å². The van der Waals surface area contributed by atoms with Gasteiger partial charge in [0.05, 0.1) is 18.0 Å². The van der Waals surface area contributed by atoms with Gasteiger partial charge in [-0.05, 0) is 50.1 Å². The van der Waals surface area contributed by atoms with Gasteiger partial charge in [-0.25, -0.2) is 4.85 Å². The van der Waals surface area contributed by atoms with E-state index in [4.69, 9.17) is 6.57 Å². The normalized spacial score (nSPS) is 12.9. The molecular weight excluding hydrogens is 575 g/mol. The molecule has 8 rings (SSSR count). The van der Waals surface area contributed by atoms with Gasteiger partial charge < -0.3 is 4.90 Å². The van der Waals surface area contributed by atoms with Crippen molar-refractivity contribution in [2.75, 3.05) is 4.90 Å². The van der Waals surface area contributed by atoms with Crippen LogP contribution in [0.3, 0.4) is 0 Å². The molecule has 46 heavy (non-hydrogen) atoms. The Balaban J connectivity index is 1.35. The number of aromatic nitrogens is 1. The first-order valence-corrected chi connectivity index (χ1v) is 17.4. The van der Waals surface area contributed by atoms with Crippen molar-refractivity contribution < 1.29 is 0 Å². The maximum atomic E-state index is 7.59. The Labute approximate surface area is 270 Å². The summed E-state index contributed by atoms with van der Waals surface area (Å²) in [7, 11) is -2.67. The minimum absolute atomic E-state index is 0.557. The second-order valence-corrected chi connectivity index (χ2v) is 15.2. The van der Waals surface area contributed by atoms with Crippen molar-refractivity contribution >= 4 is 51.6 Å². The number of rotatable bonds is 5. The van der Waals surface area contributed by atoms with E-state index in [1.807, 2.05) is 12.1 Å². The second-order valence-electron chi connectivity index (χ2n) is 11.4. The molecule has 3 nitrogen and oxygen atoms in total. The zero-order valence-corrected chi connectivity index (χ0v) is 26.1. The molecule has 0 fully saturated rings. The minimum Gasteiger partial charge on any atom is -0.310 e. The lowest BCUT2D eigenvalue weighted by atomic mass is 9.99.